The topological polar surface area (TPSA) is 35.2 Å². The summed E-state index contributed by atoms with van der Waals surface area (Å²) in [5.41, 5.74) is 7.53. The zero-order valence-corrected chi connectivity index (χ0v) is 11.3. The van der Waals surface area contributed by atoms with Crippen molar-refractivity contribution < 1.29 is 9.13 Å². The summed E-state index contributed by atoms with van der Waals surface area (Å²) in [4.78, 5) is 0. The molecule has 0 unspecified atom stereocenters. The van der Waals surface area contributed by atoms with E-state index in [0.717, 1.165) is 21.3 Å². The van der Waals surface area contributed by atoms with E-state index in [1.807, 2.05) is 18.2 Å². The Morgan fingerprint density at radius 2 is 1.83 bits per heavy atom. The molecule has 2 N–H and O–H groups in total. The highest BCUT2D eigenvalue weighted by molar-refractivity contribution is 9.10. The highest BCUT2D eigenvalue weighted by Crippen LogP contribution is 2.22. The fourth-order valence-electron chi connectivity index (χ4n) is 1.54. The molecule has 0 aromatic heterocycles. The van der Waals surface area contributed by atoms with Gasteiger partial charge in [0.05, 0.1) is 0 Å². The van der Waals surface area contributed by atoms with Crippen molar-refractivity contribution in [2.45, 2.75) is 13.2 Å². The number of ether oxygens (including phenoxy) is 1. The minimum Gasteiger partial charge on any atom is -0.489 e. The molecule has 2 aromatic rings. The Labute approximate surface area is 114 Å². The maximum atomic E-state index is 12.7. The van der Waals surface area contributed by atoms with E-state index < -0.39 is 0 Å². The van der Waals surface area contributed by atoms with Crippen LogP contribution in [0.4, 0.5) is 4.39 Å². The zero-order valence-electron chi connectivity index (χ0n) is 9.70. The molecule has 0 amide bonds. The van der Waals surface area contributed by atoms with Gasteiger partial charge in [0.15, 0.2) is 0 Å². The molecule has 0 saturated carbocycles. The second-order valence-electron chi connectivity index (χ2n) is 3.87. The van der Waals surface area contributed by atoms with Crippen LogP contribution in [0, 0.1) is 5.82 Å². The fraction of sp³-hybridized carbons (Fsp3) is 0.143. The molecule has 0 aliphatic heterocycles. The highest BCUT2D eigenvalue weighted by Gasteiger charge is 2.01. The van der Waals surface area contributed by atoms with Crippen LogP contribution in [0.25, 0.3) is 0 Å². The van der Waals surface area contributed by atoms with Crippen molar-refractivity contribution in [2.24, 2.45) is 5.73 Å². The number of nitrogens with two attached hydrogens (primary N) is 1. The molecule has 0 saturated heterocycles. The van der Waals surface area contributed by atoms with Crippen LogP contribution in [0.5, 0.6) is 5.75 Å². The maximum Gasteiger partial charge on any atom is 0.123 e. The molecule has 0 spiro atoms. The van der Waals surface area contributed by atoms with Crippen LogP contribution in [0.2, 0.25) is 0 Å². The van der Waals surface area contributed by atoms with Crippen molar-refractivity contribution in [3.8, 4) is 5.75 Å². The van der Waals surface area contributed by atoms with Gasteiger partial charge in [0.2, 0.25) is 0 Å². The lowest BCUT2D eigenvalue weighted by Crippen LogP contribution is -2.00. The van der Waals surface area contributed by atoms with Gasteiger partial charge in [0, 0.05) is 11.0 Å². The van der Waals surface area contributed by atoms with Crippen molar-refractivity contribution in [1.82, 2.24) is 0 Å². The average molecular weight is 310 g/mol. The Balaban J connectivity index is 2.04. The third-order valence-corrected chi connectivity index (χ3v) is 3.33. The Hall–Kier alpha value is -1.39. The van der Waals surface area contributed by atoms with Crippen LogP contribution in [0.1, 0.15) is 11.1 Å². The first-order chi connectivity index (χ1) is 8.69. The first kappa shape index (κ1) is 13.1. The molecular formula is C14H13BrFNO. The van der Waals surface area contributed by atoms with Crippen LogP contribution >= 0.6 is 15.9 Å². The van der Waals surface area contributed by atoms with E-state index in [-0.39, 0.29) is 5.82 Å². The van der Waals surface area contributed by atoms with E-state index in [1.165, 1.54) is 12.1 Å². The quantitative estimate of drug-likeness (QED) is 0.936. The second kappa shape index (κ2) is 5.98. The van der Waals surface area contributed by atoms with Gasteiger partial charge in [-0.2, -0.15) is 0 Å². The van der Waals surface area contributed by atoms with Crippen LogP contribution in [-0.4, -0.2) is 0 Å². The van der Waals surface area contributed by atoms with Crippen molar-refractivity contribution >= 4 is 15.9 Å². The van der Waals surface area contributed by atoms with Crippen LogP contribution in [0.3, 0.4) is 0 Å². The lowest BCUT2D eigenvalue weighted by atomic mass is 10.2. The Morgan fingerprint density at radius 1 is 1.11 bits per heavy atom. The lowest BCUT2D eigenvalue weighted by Gasteiger charge is -2.09. The molecule has 0 radical (unpaired) electrons. The summed E-state index contributed by atoms with van der Waals surface area (Å²) in [6, 6.07) is 11.9. The zero-order chi connectivity index (χ0) is 13.0. The van der Waals surface area contributed by atoms with Crippen molar-refractivity contribution in [3.05, 3.63) is 63.9 Å². The van der Waals surface area contributed by atoms with Crippen molar-refractivity contribution in [1.29, 1.82) is 0 Å². The van der Waals surface area contributed by atoms with Gasteiger partial charge in [0.1, 0.15) is 18.2 Å². The molecule has 2 nitrogen and oxygen atoms in total. The van der Waals surface area contributed by atoms with Gasteiger partial charge in [-0.25, -0.2) is 4.39 Å². The summed E-state index contributed by atoms with van der Waals surface area (Å²) in [6.45, 7) is 0.861. The number of hydrogen-bond donors (Lipinski definition) is 1. The van der Waals surface area contributed by atoms with E-state index >= 15 is 0 Å². The fourth-order valence-corrected chi connectivity index (χ4v) is 1.95. The highest BCUT2D eigenvalue weighted by atomic mass is 79.9. The normalized spacial score (nSPS) is 10.4. The monoisotopic (exact) mass is 309 g/mol. The molecule has 4 heteroatoms. The van der Waals surface area contributed by atoms with Gasteiger partial charge in [0.25, 0.3) is 0 Å². The summed E-state index contributed by atoms with van der Waals surface area (Å²) in [5, 5.41) is 0. The molecule has 2 rings (SSSR count). The van der Waals surface area contributed by atoms with Gasteiger partial charge in [-0.05, 0) is 41.5 Å². The first-order valence-corrected chi connectivity index (χ1v) is 6.34. The number of hydrogen-bond acceptors (Lipinski definition) is 2. The van der Waals surface area contributed by atoms with E-state index in [0.29, 0.717) is 13.2 Å². The van der Waals surface area contributed by atoms with E-state index in [9.17, 15) is 4.39 Å². The van der Waals surface area contributed by atoms with Crippen LogP contribution in [-0.2, 0) is 13.2 Å². The molecule has 94 valence electrons. The number of rotatable bonds is 4. The minimum atomic E-state index is -0.243. The maximum absolute atomic E-state index is 12.7. The molecule has 0 fully saturated rings. The average Bonchev–Trinajstić information content (AvgIpc) is 2.39. The number of benzene rings is 2. The van der Waals surface area contributed by atoms with Gasteiger partial charge in [-0.3, -0.25) is 0 Å². The molecule has 0 aliphatic rings. The summed E-state index contributed by atoms with van der Waals surface area (Å²) in [5.74, 6) is 0.510. The number of halogens is 2. The van der Waals surface area contributed by atoms with E-state index in [1.54, 1.807) is 12.1 Å². The van der Waals surface area contributed by atoms with Crippen molar-refractivity contribution in [3.63, 3.8) is 0 Å². The third kappa shape index (κ3) is 3.31. The SMILES string of the molecule is NCc1cc(OCc2ccc(F)cc2)ccc1Br. The molecular weight excluding hydrogens is 297 g/mol. The largest absolute Gasteiger partial charge is 0.489 e. The van der Waals surface area contributed by atoms with E-state index in [4.69, 9.17) is 10.5 Å². The Morgan fingerprint density at radius 3 is 2.50 bits per heavy atom. The minimum absolute atomic E-state index is 0.243. The van der Waals surface area contributed by atoms with Gasteiger partial charge < -0.3 is 10.5 Å². The van der Waals surface area contributed by atoms with Crippen LogP contribution in [0.15, 0.2) is 46.9 Å². The predicted octanol–water partition coefficient (Wildman–Crippen LogP) is 3.63. The van der Waals surface area contributed by atoms with Crippen LogP contribution < -0.4 is 10.5 Å². The summed E-state index contributed by atoms with van der Waals surface area (Å²) in [6.07, 6.45) is 0. The molecule has 0 bridgehead atoms. The molecule has 2 aromatic carbocycles. The molecule has 18 heavy (non-hydrogen) atoms. The van der Waals surface area contributed by atoms with Gasteiger partial charge in [-0.1, -0.05) is 28.1 Å². The van der Waals surface area contributed by atoms with Gasteiger partial charge >= 0.3 is 0 Å². The molecule has 0 aliphatic carbocycles. The third-order valence-electron chi connectivity index (χ3n) is 2.56. The first-order valence-electron chi connectivity index (χ1n) is 5.55. The smallest absolute Gasteiger partial charge is 0.123 e. The second-order valence-corrected chi connectivity index (χ2v) is 4.73. The molecule has 0 heterocycles. The van der Waals surface area contributed by atoms with Gasteiger partial charge in [-0.15, -0.1) is 0 Å². The Bertz CT molecular complexity index is 528. The summed E-state index contributed by atoms with van der Waals surface area (Å²) < 4.78 is 19.3. The standard InChI is InChI=1S/C14H13BrFNO/c15-14-6-5-13(7-11(14)8-17)18-9-10-1-3-12(16)4-2-10/h1-7H,8-9,17H2. The predicted molar refractivity (Wildman–Crippen MR) is 72.8 cm³/mol. The summed E-state index contributed by atoms with van der Waals surface area (Å²) in [7, 11) is 0. The Kier molecular flexibility index (Phi) is 4.33. The summed E-state index contributed by atoms with van der Waals surface area (Å²) >= 11 is 3.42. The van der Waals surface area contributed by atoms with E-state index in [2.05, 4.69) is 15.9 Å². The molecule has 0 atom stereocenters. The lowest BCUT2D eigenvalue weighted by molar-refractivity contribution is 0.305. The van der Waals surface area contributed by atoms with Crippen molar-refractivity contribution in [2.75, 3.05) is 0 Å².